The average molecular weight is 421 g/mol. The van der Waals surface area contributed by atoms with E-state index in [0.717, 1.165) is 61.6 Å². The van der Waals surface area contributed by atoms with Gasteiger partial charge in [-0.2, -0.15) is 0 Å². The molecule has 1 aliphatic heterocycles. The van der Waals surface area contributed by atoms with Crippen molar-refractivity contribution in [2.75, 3.05) is 30.3 Å². The first kappa shape index (κ1) is 21.0. The number of hydrogen-bond acceptors (Lipinski definition) is 5. The normalized spacial score (nSPS) is 16.1. The molecule has 8 nitrogen and oxygen atoms in total. The number of rotatable bonds is 7. The van der Waals surface area contributed by atoms with Crippen molar-refractivity contribution in [2.45, 2.75) is 32.3 Å². The zero-order chi connectivity index (χ0) is 21.5. The fraction of sp³-hybridized carbons (Fsp3) is 0.348. The summed E-state index contributed by atoms with van der Waals surface area (Å²) in [5.41, 5.74) is 4.36. The number of nitrogens with zero attached hydrogens (tertiary/aromatic N) is 3. The van der Waals surface area contributed by atoms with Gasteiger partial charge in [-0.25, -0.2) is 9.48 Å². The molecule has 1 fully saturated rings. The van der Waals surface area contributed by atoms with Gasteiger partial charge >= 0.3 is 6.03 Å². The minimum atomic E-state index is -0.276. The fourth-order valence-corrected chi connectivity index (χ4v) is 3.55. The molecule has 3 N–H and O–H groups in total. The van der Waals surface area contributed by atoms with Gasteiger partial charge in [-0.05, 0) is 62.1 Å². The van der Waals surface area contributed by atoms with Crippen LogP contribution in [0.5, 0.6) is 0 Å². The number of ether oxygens (including phenoxy) is 1. The third-order valence-corrected chi connectivity index (χ3v) is 5.29. The van der Waals surface area contributed by atoms with Gasteiger partial charge in [-0.1, -0.05) is 23.4 Å². The molecule has 3 aromatic rings. The molecular weight excluding hydrogens is 392 g/mol. The maximum Gasteiger partial charge on any atom is 0.323 e. The summed E-state index contributed by atoms with van der Waals surface area (Å²) in [6.07, 6.45) is 5.16. The van der Waals surface area contributed by atoms with E-state index in [1.807, 2.05) is 61.7 Å². The Balaban J connectivity index is 1.28. The summed E-state index contributed by atoms with van der Waals surface area (Å²) in [6.45, 7) is 4.61. The van der Waals surface area contributed by atoms with Gasteiger partial charge in [0.2, 0.25) is 0 Å². The lowest BCUT2D eigenvalue weighted by Crippen LogP contribution is -2.38. The van der Waals surface area contributed by atoms with E-state index in [1.165, 1.54) is 0 Å². The van der Waals surface area contributed by atoms with E-state index in [-0.39, 0.29) is 6.03 Å². The summed E-state index contributed by atoms with van der Waals surface area (Å²) in [4.78, 5) is 12.2. The quantitative estimate of drug-likeness (QED) is 0.544. The van der Waals surface area contributed by atoms with Gasteiger partial charge in [-0.15, -0.1) is 5.10 Å². The summed E-state index contributed by atoms with van der Waals surface area (Å²) >= 11 is 0. The smallest absolute Gasteiger partial charge is 0.323 e. The number of anilines is 2. The highest BCUT2D eigenvalue weighted by Gasteiger charge is 2.13. The summed E-state index contributed by atoms with van der Waals surface area (Å²) < 4.78 is 7.49. The molecule has 8 heteroatoms. The molecule has 0 spiro atoms. The van der Waals surface area contributed by atoms with E-state index in [9.17, 15) is 4.79 Å². The second-order valence-corrected chi connectivity index (χ2v) is 7.68. The number of aromatic nitrogens is 3. The monoisotopic (exact) mass is 420 g/mol. The van der Waals surface area contributed by atoms with E-state index in [2.05, 4.69) is 26.3 Å². The van der Waals surface area contributed by atoms with Crippen LogP contribution in [-0.4, -0.2) is 46.8 Å². The van der Waals surface area contributed by atoms with E-state index < -0.39 is 0 Å². The first-order valence-electron chi connectivity index (χ1n) is 10.6. The molecule has 2 heterocycles. The molecule has 31 heavy (non-hydrogen) atoms. The Morgan fingerprint density at radius 2 is 2.03 bits per heavy atom. The van der Waals surface area contributed by atoms with Crippen molar-refractivity contribution in [3.05, 3.63) is 66.0 Å². The van der Waals surface area contributed by atoms with Crippen molar-refractivity contribution < 1.29 is 9.53 Å². The Morgan fingerprint density at radius 1 is 1.19 bits per heavy atom. The number of urea groups is 1. The predicted octanol–water partition coefficient (Wildman–Crippen LogP) is 3.53. The fourth-order valence-electron chi connectivity index (χ4n) is 3.55. The van der Waals surface area contributed by atoms with Crippen LogP contribution < -0.4 is 16.0 Å². The first-order valence-corrected chi connectivity index (χ1v) is 10.6. The van der Waals surface area contributed by atoms with Crippen LogP contribution >= 0.6 is 0 Å². The number of amides is 2. The summed E-state index contributed by atoms with van der Waals surface area (Å²) in [5, 5.41) is 17.6. The van der Waals surface area contributed by atoms with Gasteiger partial charge in [0.15, 0.2) is 0 Å². The summed E-state index contributed by atoms with van der Waals surface area (Å²) in [5.74, 6) is 0. The Hall–Kier alpha value is -3.23. The van der Waals surface area contributed by atoms with Crippen LogP contribution in [0.3, 0.4) is 0 Å². The van der Waals surface area contributed by atoms with Crippen LogP contribution in [-0.2, 0) is 11.2 Å². The molecule has 0 aliphatic carbocycles. The van der Waals surface area contributed by atoms with Gasteiger partial charge in [0.05, 0.1) is 30.3 Å². The lowest BCUT2D eigenvalue weighted by molar-refractivity contribution is 0.0225. The van der Waals surface area contributed by atoms with E-state index >= 15 is 0 Å². The Morgan fingerprint density at radius 3 is 2.81 bits per heavy atom. The van der Waals surface area contributed by atoms with Crippen LogP contribution in [0, 0.1) is 6.92 Å². The molecule has 2 aromatic carbocycles. The molecule has 1 aliphatic rings. The van der Waals surface area contributed by atoms with Crippen LogP contribution in [0.15, 0.2) is 54.7 Å². The number of para-hydroxylation sites is 1. The van der Waals surface area contributed by atoms with E-state index in [4.69, 9.17) is 4.74 Å². The molecule has 0 bridgehead atoms. The number of aryl methyl sites for hydroxylation is 2. The maximum absolute atomic E-state index is 12.2. The van der Waals surface area contributed by atoms with Crippen molar-refractivity contribution in [1.82, 2.24) is 20.3 Å². The van der Waals surface area contributed by atoms with Gasteiger partial charge in [-0.3, -0.25) is 0 Å². The van der Waals surface area contributed by atoms with Gasteiger partial charge in [0.1, 0.15) is 0 Å². The van der Waals surface area contributed by atoms with Crippen molar-refractivity contribution in [2.24, 2.45) is 0 Å². The third kappa shape index (κ3) is 5.90. The SMILES string of the molecule is Cc1ccccc1NC(=O)Nc1ccc(-n2cc(CCCC3CNCCO3)nn2)cc1. The maximum atomic E-state index is 12.2. The average Bonchev–Trinajstić information content (AvgIpc) is 3.25. The summed E-state index contributed by atoms with van der Waals surface area (Å²) in [6, 6.07) is 14.9. The molecule has 1 saturated heterocycles. The second kappa shape index (κ2) is 10.2. The molecule has 0 radical (unpaired) electrons. The Kier molecular flexibility index (Phi) is 6.91. The highest BCUT2D eigenvalue weighted by molar-refractivity contribution is 6.00. The first-order chi connectivity index (χ1) is 15.2. The van der Waals surface area contributed by atoms with Crippen molar-refractivity contribution in [1.29, 1.82) is 0 Å². The molecule has 1 aromatic heterocycles. The standard InChI is InChI=1S/C23H28N6O2/c1-17-5-2-3-8-22(17)26-23(30)25-18-9-11-20(12-10-18)29-16-19(27-28-29)6-4-7-21-15-24-13-14-31-21/h2-3,5,8-12,16,21,24H,4,6-7,13-15H2,1H3,(H2,25,26,30). The molecule has 162 valence electrons. The third-order valence-electron chi connectivity index (χ3n) is 5.29. The molecule has 1 unspecified atom stereocenters. The Labute approximate surface area is 182 Å². The van der Waals surface area contributed by atoms with E-state index in [0.29, 0.717) is 11.8 Å². The van der Waals surface area contributed by atoms with Gasteiger partial charge in [0.25, 0.3) is 0 Å². The van der Waals surface area contributed by atoms with Crippen molar-refractivity contribution in [3.8, 4) is 5.69 Å². The molecule has 1 atom stereocenters. The minimum absolute atomic E-state index is 0.276. The van der Waals surface area contributed by atoms with Crippen LogP contribution in [0.1, 0.15) is 24.1 Å². The summed E-state index contributed by atoms with van der Waals surface area (Å²) in [7, 11) is 0. The number of carbonyl (C=O) groups is 1. The molecule has 2 amide bonds. The topological polar surface area (TPSA) is 93.1 Å². The number of carbonyl (C=O) groups excluding carboxylic acids is 1. The number of nitrogens with one attached hydrogen (secondary N) is 3. The van der Waals surface area contributed by atoms with Gasteiger partial charge in [0, 0.05) is 24.5 Å². The Bertz CT molecular complexity index is 995. The zero-order valence-corrected chi connectivity index (χ0v) is 17.7. The predicted molar refractivity (Wildman–Crippen MR) is 121 cm³/mol. The van der Waals surface area contributed by atoms with Crippen LogP contribution in [0.4, 0.5) is 16.2 Å². The van der Waals surface area contributed by atoms with Crippen LogP contribution in [0.25, 0.3) is 5.69 Å². The molecular formula is C23H28N6O2. The molecule has 4 rings (SSSR count). The largest absolute Gasteiger partial charge is 0.376 e. The van der Waals surface area contributed by atoms with Crippen LogP contribution in [0.2, 0.25) is 0 Å². The number of hydrogen-bond donors (Lipinski definition) is 3. The highest BCUT2D eigenvalue weighted by Crippen LogP contribution is 2.16. The molecule has 0 saturated carbocycles. The van der Waals surface area contributed by atoms with Gasteiger partial charge < -0.3 is 20.7 Å². The second-order valence-electron chi connectivity index (χ2n) is 7.68. The minimum Gasteiger partial charge on any atom is -0.376 e. The van der Waals surface area contributed by atoms with E-state index in [1.54, 1.807) is 4.68 Å². The highest BCUT2D eigenvalue weighted by atomic mass is 16.5. The lowest BCUT2D eigenvalue weighted by Gasteiger charge is -2.23. The van der Waals surface area contributed by atoms with Crippen molar-refractivity contribution >= 4 is 17.4 Å². The van der Waals surface area contributed by atoms with Crippen molar-refractivity contribution in [3.63, 3.8) is 0 Å². The number of morpholine rings is 1. The number of benzene rings is 2. The zero-order valence-electron chi connectivity index (χ0n) is 17.7. The lowest BCUT2D eigenvalue weighted by atomic mass is 10.1.